The summed E-state index contributed by atoms with van der Waals surface area (Å²) >= 11 is 6.22. The van der Waals surface area contributed by atoms with Gasteiger partial charge >= 0.3 is 0 Å². The van der Waals surface area contributed by atoms with Crippen molar-refractivity contribution < 1.29 is 0 Å². The quantitative estimate of drug-likeness (QED) is 0.805. The normalized spacial score (nSPS) is 17.9. The third kappa shape index (κ3) is 5.10. The minimum atomic E-state index is 0.647. The van der Waals surface area contributed by atoms with E-state index in [1.54, 1.807) is 0 Å². The topological polar surface area (TPSA) is 40.7 Å². The first kappa shape index (κ1) is 15.8. The Kier molecular flexibility index (Phi) is 6.88. The minimum Gasteiger partial charge on any atom is -0.344 e. The smallest absolute Gasteiger partial charge is 0.151 e. The number of aromatic amines is 1. The molecule has 20 heavy (non-hydrogen) atoms. The molecule has 1 heterocycles. The molecule has 114 valence electrons. The molecular formula is C16H28ClN3. The fourth-order valence-electron chi connectivity index (χ4n) is 2.93. The Morgan fingerprint density at radius 2 is 1.90 bits per heavy atom. The van der Waals surface area contributed by atoms with E-state index >= 15 is 0 Å². The largest absolute Gasteiger partial charge is 0.344 e. The van der Waals surface area contributed by atoms with Crippen molar-refractivity contribution in [2.24, 2.45) is 0 Å². The van der Waals surface area contributed by atoms with Crippen LogP contribution >= 0.6 is 11.6 Å². The second-order valence-corrected chi connectivity index (χ2v) is 6.34. The highest BCUT2D eigenvalue weighted by Gasteiger charge is 2.13. The van der Waals surface area contributed by atoms with Crippen LogP contribution in [0.1, 0.15) is 76.2 Å². The summed E-state index contributed by atoms with van der Waals surface area (Å²) in [5.41, 5.74) is 1.06. The molecule has 0 radical (unpaired) electrons. The van der Waals surface area contributed by atoms with Crippen molar-refractivity contribution >= 4 is 11.6 Å². The second-order valence-electron chi connectivity index (χ2n) is 5.98. The van der Waals surface area contributed by atoms with Gasteiger partial charge in [0.1, 0.15) is 5.82 Å². The highest BCUT2D eigenvalue weighted by Crippen LogP contribution is 2.19. The van der Waals surface area contributed by atoms with Crippen LogP contribution in [-0.4, -0.2) is 16.0 Å². The second kappa shape index (κ2) is 8.68. The Balaban J connectivity index is 1.81. The monoisotopic (exact) mass is 297 g/mol. The van der Waals surface area contributed by atoms with Crippen LogP contribution in [0.3, 0.4) is 0 Å². The number of aryl methyl sites for hydroxylation is 1. The molecule has 0 aliphatic heterocycles. The van der Waals surface area contributed by atoms with Crippen LogP contribution in [0.2, 0.25) is 5.15 Å². The zero-order chi connectivity index (χ0) is 14.2. The van der Waals surface area contributed by atoms with Gasteiger partial charge in [-0.25, -0.2) is 4.98 Å². The first-order chi connectivity index (χ1) is 9.79. The number of halogens is 1. The molecule has 0 amide bonds. The Hall–Kier alpha value is -0.540. The number of hydrogen-bond acceptors (Lipinski definition) is 2. The molecule has 0 saturated heterocycles. The van der Waals surface area contributed by atoms with Crippen LogP contribution < -0.4 is 5.32 Å². The maximum absolute atomic E-state index is 6.22. The van der Waals surface area contributed by atoms with Gasteiger partial charge in [0, 0.05) is 19.0 Å². The van der Waals surface area contributed by atoms with Gasteiger partial charge in [0.05, 0.1) is 5.69 Å². The molecule has 1 aliphatic carbocycles. The lowest BCUT2D eigenvalue weighted by Crippen LogP contribution is -2.29. The van der Waals surface area contributed by atoms with Gasteiger partial charge in [-0.15, -0.1) is 0 Å². The lowest BCUT2D eigenvalue weighted by Gasteiger charge is -2.20. The van der Waals surface area contributed by atoms with E-state index in [4.69, 9.17) is 11.6 Å². The Labute approximate surface area is 127 Å². The number of nitrogens with zero attached hydrogens (tertiary/aromatic N) is 1. The number of unbranched alkanes of at least 4 members (excludes halogenated alkanes) is 1. The molecule has 0 aromatic carbocycles. The Morgan fingerprint density at radius 3 is 2.60 bits per heavy atom. The van der Waals surface area contributed by atoms with E-state index < -0.39 is 0 Å². The van der Waals surface area contributed by atoms with Crippen molar-refractivity contribution in [1.29, 1.82) is 0 Å². The van der Waals surface area contributed by atoms with Crippen molar-refractivity contribution in [2.45, 2.75) is 83.7 Å². The molecule has 3 nitrogen and oxygen atoms in total. The van der Waals surface area contributed by atoms with E-state index in [2.05, 4.69) is 22.2 Å². The highest BCUT2D eigenvalue weighted by atomic mass is 35.5. The fraction of sp³-hybridized carbons (Fsp3) is 0.812. The molecule has 1 aliphatic rings. The van der Waals surface area contributed by atoms with E-state index in [9.17, 15) is 0 Å². The summed E-state index contributed by atoms with van der Waals surface area (Å²) in [5, 5.41) is 4.31. The van der Waals surface area contributed by atoms with E-state index in [1.165, 1.54) is 57.8 Å². The lowest BCUT2D eigenvalue weighted by atomic mass is 9.97. The molecule has 2 N–H and O–H groups in total. The predicted octanol–water partition coefficient (Wildman–Crippen LogP) is 4.61. The zero-order valence-corrected chi connectivity index (χ0v) is 13.4. The van der Waals surface area contributed by atoms with Crippen LogP contribution in [-0.2, 0) is 13.0 Å². The molecule has 0 spiro atoms. The average Bonchev–Trinajstić information content (AvgIpc) is 2.76. The van der Waals surface area contributed by atoms with Crippen molar-refractivity contribution in [1.82, 2.24) is 15.3 Å². The molecule has 1 saturated carbocycles. The van der Waals surface area contributed by atoms with E-state index in [1.807, 2.05) is 0 Å². The standard InChI is InChI=1S/C16H28ClN3/c1-2-3-11-15-19-14(16(17)20-15)12-18-13-9-7-5-4-6-8-10-13/h13,18H,2-12H2,1H3,(H,19,20). The summed E-state index contributed by atoms with van der Waals surface area (Å²) < 4.78 is 0. The van der Waals surface area contributed by atoms with Gasteiger partial charge in [-0.3, -0.25) is 0 Å². The van der Waals surface area contributed by atoms with Crippen molar-refractivity contribution in [3.63, 3.8) is 0 Å². The summed E-state index contributed by atoms with van der Waals surface area (Å²) in [6, 6.07) is 0.647. The summed E-state index contributed by atoms with van der Waals surface area (Å²) in [6.45, 7) is 3.02. The van der Waals surface area contributed by atoms with Gasteiger partial charge in [-0.1, -0.05) is 57.0 Å². The van der Waals surface area contributed by atoms with Crippen LogP contribution in [0.15, 0.2) is 0 Å². The van der Waals surface area contributed by atoms with Crippen LogP contribution in [0.4, 0.5) is 0 Å². The molecule has 1 aromatic heterocycles. The maximum atomic E-state index is 6.22. The molecule has 0 unspecified atom stereocenters. The van der Waals surface area contributed by atoms with Crippen LogP contribution in [0.5, 0.6) is 0 Å². The van der Waals surface area contributed by atoms with Gasteiger partial charge in [-0.2, -0.15) is 0 Å². The van der Waals surface area contributed by atoms with E-state index in [-0.39, 0.29) is 0 Å². The molecule has 2 rings (SSSR count). The van der Waals surface area contributed by atoms with Crippen LogP contribution in [0.25, 0.3) is 0 Å². The zero-order valence-electron chi connectivity index (χ0n) is 12.7. The average molecular weight is 298 g/mol. The summed E-state index contributed by atoms with van der Waals surface area (Å²) in [4.78, 5) is 7.79. The van der Waals surface area contributed by atoms with Crippen molar-refractivity contribution in [2.75, 3.05) is 0 Å². The number of hydrogen-bond donors (Lipinski definition) is 2. The van der Waals surface area contributed by atoms with Crippen molar-refractivity contribution in [3.05, 3.63) is 16.7 Å². The van der Waals surface area contributed by atoms with Crippen molar-refractivity contribution in [3.8, 4) is 0 Å². The van der Waals surface area contributed by atoms with E-state index in [0.29, 0.717) is 11.2 Å². The summed E-state index contributed by atoms with van der Waals surface area (Å²) in [6.07, 6.45) is 12.9. The van der Waals surface area contributed by atoms with Crippen LogP contribution in [0, 0.1) is 0 Å². The van der Waals surface area contributed by atoms with Gasteiger partial charge in [0.25, 0.3) is 0 Å². The first-order valence-corrected chi connectivity index (χ1v) is 8.64. The maximum Gasteiger partial charge on any atom is 0.151 e. The third-order valence-corrected chi connectivity index (χ3v) is 4.53. The molecule has 4 heteroatoms. The number of nitrogens with one attached hydrogen (secondary N) is 2. The minimum absolute atomic E-state index is 0.647. The van der Waals surface area contributed by atoms with Gasteiger partial charge in [-0.05, 0) is 19.3 Å². The van der Waals surface area contributed by atoms with Gasteiger partial charge in [0.15, 0.2) is 5.15 Å². The predicted molar refractivity (Wildman–Crippen MR) is 85.2 cm³/mol. The van der Waals surface area contributed by atoms with Gasteiger partial charge < -0.3 is 10.3 Å². The highest BCUT2D eigenvalue weighted by molar-refractivity contribution is 6.30. The summed E-state index contributed by atoms with van der Waals surface area (Å²) in [7, 11) is 0. The molecule has 1 fully saturated rings. The Morgan fingerprint density at radius 1 is 1.20 bits per heavy atom. The number of aromatic nitrogens is 2. The number of rotatable bonds is 6. The molecule has 0 bridgehead atoms. The molecular weight excluding hydrogens is 270 g/mol. The fourth-order valence-corrected chi connectivity index (χ4v) is 3.14. The Bertz CT molecular complexity index is 381. The van der Waals surface area contributed by atoms with Gasteiger partial charge in [0.2, 0.25) is 0 Å². The number of imidazole rings is 1. The SMILES string of the molecule is CCCCc1nc(Cl)c(CNC2CCCCCCC2)[nH]1. The molecule has 1 aromatic rings. The lowest BCUT2D eigenvalue weighted by molar-refractivity contribution is 0.387. The first-order valence-electron chi connectivity index (χ1n) is 8.26. The summed E-state index contributed by atoms with van der Waals surface area (Å²) in [5.74, 6) is 1.03. The van der Waals surface area contributed by atoms with E-state index in [0.717, 1.165) is 24.5 Å². The number of H-pyrrole nitrogens is 1. The third-order valence-electron chi connectivity index (χ3n) is 4.22. The molecule has 0 atom stereocenters.